The molecule has 0 radical (unpaired) electrons. The minimum atomic E-state index is -0.341. The summed E-state index contributed by atoms with van der Waals surface area (Å²) in [5.74, 6) is 0.000379. The number of hydrogen-bond acceptors (Lipinski definition) is 3. The van der Waals surface area contributed by atoms with Crippen LogP contribution in [0.5, 0.6) is 5.75 Å². The molecule has 0 fully saturated rings. The van der Waals surface area contributed by atoms with Crippen LogP contribution in [0.15, 0.2) is 48.7 Å². The third-order valence-electron chi connectivity index (χ3n) is 3.71. The van der Waals surface area contributed by atoms with Crippen LogP contribution in [0.25, 0.3) is 10.9 Å². The van der Waals surface area contributed by atoms with E-state index in [1.807, 2.05) is 12.1 Å². The summed E-state index contributed by atoms with van der Waals surface area (Å²) in [6.45, 7) is 1.45. The monoisotopic (exact) mass is 342 g/mol. The molecule has 0 unspecified atom stereocenters. The van der Waals surface area contributed by atoms with Gasteiger partial charge in [0.05, 0.1) is 23.9 Å². The Labute approximate surface area is 143 Å². The molecule has 0 aliphatic rings. The van der Waals surface area contributed by atoms with E-state index in [2.05, 4.69) is 5.32 Å². The zero-order valence-electron chi connectivity index (χ0n) is 13.2. The second-order valence-electron chi connectivity index (χ2n) is 5.25. The van der Waals surface area contributed by atoms with Crippen LogP contribution < -0.4 is 10.1 Å². The van der Waals surface area contributed by atoms with Gasteiger partial charge in [0.2, 0.25) is 5.91 Å². The van der Waals surface area contributed by atoms with Gasteiger partial charge < -0.3 is 10.1 Å². The van der Waals surface area contributed by atoms with Gasteiger partial charge in [0.15, 0.2) is 0 Å². The van der Waals surface area contributed by atoms with E-state index in [1.54, 1.807) is 36.5 Å². The number of anilines is 1. The fraction of sp³-hybridized carbons (Fsp3) is 0.111. The number of amides is 1. The minimum Gasteiger partial charge on any atom is -0.495 e. The molecule has 0 saturated heterocycles. The van der Waals surface area contributed by atoms with Crippen LogP contribution in [0, 0.1) is 0 Å². The summed E-state index contributed by atoms with van der Waals surface area (Å²) in [6, 6.07) is 12.2. The number of carbonyl (C=O) groups is 2. The van der Waals surface area contributed by atoms with Gasteiger partial charge in [-0.25, -0.2) is 0 Å². The second kappa shape index (κ2) is 6.37. The molecule has 0 spiro atoms. The second-order valence-corrected chi connectivity index (χ2v) is 5.68. The van der Waals surface area contributed by atoms with Crippen LogP contribution in [0.3, 0.4) is 0 Å². The Kier molecular flexibility index (Phi) is 4.27. The molecule has 1 heterocycles. The summed E-state index contributed by atoms with van der Waals surface area (Å²) in [5.41, 5.74) is 1.56. The Morgan fingerprint density at radius 3 is 2.62 bits per heavy atom. The van der Waals surface area contributed by atoms with E-state index in [-0.39, 0.29) is 11.8 Å². The Morgan fingerprint density at radius 2 is 1.92 bits per heavy atom. The number of para-hydroxylation sites is 1. The van der Waals surface area contributed by atoms with Crippen molar-refractivity contribution in [1.82, 2.24) is 4.57 Å². The molecule has 0 bridgehead atoms. The van der Waals surface area contributed by atoms with E-state index < -0.39 is 0 Å². The third kappa shape index (κ3) is 2.86. The van der Waals surface area contributed by atoms with Crippen molar-refractivity contribution in [3.05, 3.63) is 59.2 Å². The first kappa shape index (κ1) is 16.1. The lowest BCUT2D eigenvalue weighted by molar-refractivity contribution is 0.0941. The molecule has 122 valence electrons. The molecule has 1 amide bonds. The van der Waals surface area contributed by atoms with Crippen molar-refractivity contribution in [2.24, 2.45) is 0 Å². The highest BCUT2D eigenvalue weighted by Gasteiger charge is 2.18. The van der Waals surface area contributed by atoms with Crippen LogP contribution in [0.4, 0.5) is 5.69 Å². The van der Waals surface area contributed by atoms with Gasteiger partial charge in [-0.05, 0) is 24.3 Å². The number of nitrogens with zero attached hydrogens (tertiary/aromatic N) is 1. The molecule has 0 aliphatic heterocycles. The largest absolute Gasteiger partial charge is 0.495 e. The molecule has 5 nitrogen and oxygen atoms in total. The molecule has 0 saturated carbocycles. The third-order valence-corrected chi connectivity index (χ3v) is 3.94. The fourth-order valence-electron chi connectivity index (χ4n) is 2.59. The van der Waals surface area contributed by atoms with Gasteiger partial charge in [0, 0.05) is 23.5 Å². The average molecular weight is 343 g/mol. The number of ether oxygens (including phenoxy) is 1. The van der Waals surface area contributed by atoms with Gasteiger partial charge in [-0.3, -0.25) is 14.2 Å². The normalized spacial score (nSPS) is 10.6. The molecule has 24 heavy (non-hydrogen) atoms. The predicted molar refractivity (Wildman–Crippen MR) is 94.2 cm³/mol. The lowest BCUT2D eigenvalue weighted by atomic mass is 10.1. The molecule has 1 aromatic heterocycles. The van der Waals surface area contributed by atoms with Crippen molar-refractivity contribution in [1.29, 1.82) is 0 Å². The molecule has 6 heteroatoms. The highest BCUT2D eigenvalue weighted by atomic mass is 35.5. The molecule has 3 rings (SSSR count). The number of carbonyl (C=O) groups excluding carboxylic acids is 2. The number of benzene rings is 2. The van der Waals surface area contributed by atoms with Gasteiger partial charge in [0.25, 0.3) is 5.91 Å². The molecule has 1 N–H and O–H groups in total. The topological polar surface area (TPSA) is 60.3 Å². The van der Waals surface area contributed by atoms with Crippen molar-refractivity contribution in [3.8, 4) is 5.75 Å². The lowest BCUT2D eigenvalue weighted by Gasteiger charge is -2.10. The molecule has 0 atom stereocenters. The van der Waals surface area contributed by atoms with Crippen LogP contribution in [0.1, 0.15) is 22.1 Å². The molecule has 2 aromatic carbocycles. The van der Waals surface area contributed by atoms with E-state index in [4.69, 9.17) is 16.3 Å². The highest BCUT2D eigenvalue weighted by molar-refractivity contribution is 6.31. The zero-order chi connectivity index (χ0) is 17.3. The molecular formula is C18H15ClN2O3. The summed E-state index contributed by atoms with van der Waals surface area (Å²) in [7, 11) is 1.51. The van der Waals surface area contributed by atoms with Crippen LogP contribution in [-0.2, 0) is 0 Å². The number of rotatable bonds is 3. The summed E-state index contributed by atoms with van der Waals surface area (Å²) < 4.78 is 6.69. The standard InChI is InChI=1S/C18H15ClN2O3/c1-11(22)21-10-14(13-5-3-4-6-16(13)21)18(23)20-15-9-12(19)7-8-17(15)24-2/h3-10H,1-2H3,(H,20,23). The maximum absolute atomic E-state index is 12.7. The van der Waals surface area contributed by atoms with Crippen molar-refractivity contribution >= 4 is 40.0 Å². The summed E-state index contributed by atoms with van der Waals surface area (Å²) in [5, 5.41) is 3.97. The van der Waals surface area contributed by atoms with Gasteiger partial charge in [-0.15, -0.1) is 0 Å². The Morgan fingerprint density at radius 1 is 1.17 bits per heavy atom. The van der Waals surface area contributed by atoms with Gasteiger partial charge in [-0.1, -0.05) is 29.8 Å². The number of fused-ring (bicyclic) bond motifs is 1. The van der Waals surface area contributed by atoms with Gasteiger partial charge in [0.1, 0.15) is 5.75 Å². The maximum atomic E-state index is 12.7. The quantitative estimate of drug-likeness (QED) is 0.775. The maximum Gasteiger partial charge on any atom is 0.257 e. The summed E-state index contributed by atoms with van der Waals surface area (Å²) in [6.07, 6.45) is 1.54. The number of hydrogen-bond donors (Lipinski definition) is 1. The zero-order valence-corrected chi connectivity index (χ0v) is 13.9. The smallest absolute Gasteiger partial charge is 0.257 e. The Balaban J connectivity index is 2.04. The Hall–Kier alpha value is -2.79. The van der Waals surface area contributed by atoms with Crippen LogP contribution >= 0.6 is 11.6 Å². The van der Waals surface area contributed by atoms with E-state index >= 15 is 0 Å². The van der Waals surface area contributed by atoms with Crippen molar-refractivity contribution in [3.63, 3.8) is 0 Å². The Bertz CT molecular complexity index is 947. The molecular weight excluding hydrogens is 328 g/mol. The minimum absolute atomic E-state index is 0.161. The molecule has 0 aliphatic carbocycles. The molecule has 3 aromatic rings. The van der Waals surface area contributed by atoms with Crippen molar-refractivity contribution in [2.45, 2.75) is 6.92 Å². The van der Waals surface area contributed by atoms with E-state index in [0.29, 0.717) is 32.9 Å². The number of halogens is 1. The fourth-order valence-corrected chi connectivity index (χ4v) is 2.76. The summed E-state index contributed by atoms with van der Waals surface area (Å²) in [4.78, 5) is 24.5. The van der Waals surface area contributed by atoms with Gasteiger partial charge in [-0.2, -0.15) is 0 Å². The highest BCUT2D eigenvalue weighted by Crippen LogP contribution is 2.29. The average Bonchev–Trinajstić information content (AvgIpc) is 2.95. The number of methoxy groups -OCH3 is 1. The van der Waals surface area contributed by atoms with E-state index in [9.17, 15) is 9.59 Å². The predicted octanol–water partition coefficient (Wildman–Crippen LogP) is 4.22. The first-order valence-corrected chi connectivity index (χ1v) is 7.65. The number of nitrogens with one attached hydrogen (secondary N) is 1. The first-order valence-electron chi connectivity index (χ1n) is 7.27. The first-order chi connectivity index (χ1) is 11.5. The van der Waals surface area contributed by atoms with E-state index in [0.717, 1.165) is 0 Å². The van der Waals surface area contributed by atoms with Crippen molar-refractivity contribution in [2.75, 3.05) is 12.4 Å². The van der Waals surface area contributed by atoms with Crippen LogP contribution in [-0.4, -0.2) is 23.5 Å². The SMILES string of the molecule is COc1ccc(Cl)cc1NC(=O)c1cn(C(C)=O)c2ccccc12. The van der Waals surface area contributed by atoms with Gasteiger partial charge >= 0.3 is 0 Å². The van der Waals surface area contributed by atoms with Crippen molar-refractivity contribution < 1.29 is 14.3 Å². The lowest BCUT2D eigenvalue weighted by Crippen LogP contribution is -2.12. The van der Waals surface area contributed by atoms with E-state index in [1.165, 1.54) is 18.6 Å². The number of aromatic nitrogens is 1. The van der Waals surface area contributed by atoms with Crippen LogP contribution in [0.2, 0.25) is 5.02 Å². The summed E-state index contributed by atoms with van der Waals surface area (Å²) >= 11 is 5.99.